The summed E-state index contributed by atoms with van der Waals surface area (Å²) >= 11 is 0. The van der Waals surface area contributed by atoms with Gasteiger partial charge in [0.15, 0.2) is 12.7 Å². The lowest BCUT2D eigenvalue weighted by Gasteiger charge is -2.13. The van der Waals surface area contributed by atoms with Crippen molar-refractivity contribution in [2.45, 2.75) is 19.4 Å². The van der Waals surface area contributed by atoms with Crippen molar-refractivity contribution >= 4 is 11.9 Å². The number of benzene rings is 2. The normalized spacial score (nSPS) is 11.4. The SMILES string of the molecule is C[C@H](Oc1ccccc1)C(=O)OCC(=O)NCCc1ccc(F)cc1. The highest BCUT2D eigenvalue weighted by Crippen LogP contribution is 2.11. The Balaban J connectivity index is 1.65. The Kier molecular flexibility index (Phi) is 6.95. The summed E-state index contributed by atoms with van der Waals surface area (Å²) < 4.78 is 23.1. The maximum atomic E-state index is 12.8. The molecule has 0 radical (unpaired) electrons. The molecule has 0 unspecified atom stereocenters. The standard InChI is InChI=1S/C19H20FNO4/c1-14(25-17-5-3-2-4-6-17)19(23)24-13-18(22)21-12-11-15-7-9-16(20)10-8-15/h2-10,14H,11-13H2,1H3,(H,21,22)/t14-/m0/s1. The van der Waals surface area contributed by atoms with Crippen molar-refractivity contribution in [3.05, 3.63) is 66.0 Å². The Bertz CT molecular complexity index is 688. The van der Waals surface area contributed by atoms with E-state index in [0.29, 0.717) is 18.7 Å². The molecule has 0 spiro atoms. The van der Waals surface area contributed by atoms with Gasteiger partial charge in [-0.1, -0.05) is 30.3 Å². The van der Waals surface area contributed by atoms with E-state index < -0.39 is 18.0 Å². The summed E-state index contributed by atoms with van der Waals surface area (Å²) in [5.41, 5.74) is 0.906. The number of hydrogen-bond acceptors (Lipinski definition) is 4. The van der Waals surface area contributed by atoms with Crippen LogP contribution in [0.15, 0.2) is 54.6 Å². The topological polar surface area (TPSA) is 64.6 Å². The monoisotopic (exact) mass is 345 g/mol. The van der Waals surface area contributed by atoms with Gasteiger partial charge in [-0.3, -0.25) is 4.79 Å². The Labute approximate surface area is 145 Å². The predicted molar refractivity (Wildman–Crippen MR) is 90.6 cm³/mol. The molecule has 2 aromatic rings. The van der Waals surface area contributed by atoms with E-state index in [9.17, 15) is 14.0 Å². The summed E-state index contributed by atoms with van der Waals surface area (Å²) in [7, 11) is 0. The van der Waals surface area contributed by atoms with Crippen molar-refractivity contribution in [3.8, 4) is 5.75 Å². The van der Waals surface area contributed by atoms with Gasteiger partial charge in [0.1, 0.15) is 11.6 Å². The lowest BCUT2D eigenvalue weighted by atomic mass is 10.1. The van der Waals surface area contributed by atoms with E-state index in [1.807, 2.05) is 6.07 Å². The van der Waals surface area contributed by atoms with Crippen LogP contribution in [0.4, 0.5) is 4.39 Å². The summed E-state index contributed by atoms with van der Waals surface area (Å²) in [5, 5.41) is 2.64. The minimum Gasteiger partial charge on any atom is -0.479 e. The highest BCUT2D eigenvalue weighted by atomic mass is 19.1. The molecule has 0 aliphatic carbocycles. The van der Waals surface area contributed by atoms with Crippen LogP contribution in [0.1, 0.15) is 12.5 Å². The van der Waals surface area contributed by atoms with E-state index in [4.69, 9.17) is 9.47 Å². The second-order valence-electron chi connectivity index (χ2n) is 5.41. The zero-order valence-electron chi connectivity index (χ0n) is 13.9. The van der Waals surface area contributed by atoms with Gasteiger partial charge in [-0.25, -0.2) is 9.18 Å². The number of rotatable bonds is 8. The van der Waals surface area contributed by atoms with Crippen molar-refractivity contribution in [1.82, 2.24) is 5.32 Å². The smallest absolute Gasteiger partial charge is 0.347 e. The first kappa shape index (κ1) is 18.4. The van der Waals surface area contributed by atoms with E-state index in [0.717, 1.165) is 5.56 Å². The number of carbonyl (C=O) groups excluding carboxylic acids is 2. The Morgan fingerprint density at radius 1 is 1.08 bits per heavy atom. The molecule has 0 saturated heterocycles. The molecule has 0 aromatic heterocycles. The van der Waals surface area contributed by atoms with Crippen LogP contribution in [-0.2, 0) is 20.7 Å². The molecule has 0 aliphatic rings. The lowest BCUT2D eigenvalue weighted by Crippen LogP contribution is -2.33. The van der Waals surface area contributed by atoms with Crippen molar-refractivity contribution in [1.29, 1.82) is 0 Å². The van der Waals surface area contributed by atoms with Crippen LogP contribution in [0.3, 0.4) is 0 Å². The van der Waals surface area contributed by atoms with Crippen LogP contribution >= 0.6 is 0 Å². The van der Waals surface area contributed by atoms with Crippen LogP contribution in [0, 0.1) is 5.82 Å². The van der Waals surface area contributed by atoms with Crippen molar-refractivity contribution in [2.24, 2.45) is 0 Å². The van der Waals surface area contributed by atoms with E-state index in [-0.39, 0.29) is 12.4 Å². The molecule has 0 fully saturated rings. The Morgan fingerprint density at radius 3 is 2.44 bits per heavy atom. The minimum absolute atomic E-state index is 0.300. The lowest BCUT2D eigenvalue weighted by molar-refractivity contribution is -0.154. The molecule has 0 aliphatic heterocycles. The van der Waals surface area contributed by atoms with Crippen LogP contribution in [0.5, 0.6) is 5.75 Å². The summed E-state index contributed by atoms with van der Waals surface area (Å²) in [6.07, 6.45) is -0.248. The van der Waals surface area contributed by atoms with Crippen molar-refractivity contribution in [2.75, 3.05) is 13.2 Å². The van der Waals surface area contributed by atoms with Crippen molar-refractivity contribution in [3.63, 3.8) is 0 Å². The Hall–Kier alpha value is -2.89. The number of ether oxygens (including phenoxy) is 2. The molecule has 132 valence electrons. The number of halogens is 1. The number of hydrogen-bond donors (Lipinski definition) is 1. The van der Waals surface area contributed by atoms with Gasteiger partial charge < -0.3 is 14.8 Å². The molecule has 1 amide bonds. The zero-order valence-corrected chi connectivity index (χ0v) is 13.9. The second kappa shape index (κ2) is 9.42. The molecule has 1 atom stereocenters. The summed E-state index contributed by atoms with van der Waals surface area (Å²) in [6.45, 7) is 1.56. The molecule has 0 bridgehead atoms. The van der Waals surface area contributed by atoms with Crippen molar-refractivity contribution < 1.29 is 23.5 Å². The highest BCUT2D eigenvalue weighted by Gasteiger charge is 2.17. The minimum atomic E-state index is -0.811. The predicted octanol–water partition coefficient (Wildman–Crippen LogP) is 2.50. The van der Waals surface area contributed by atoms with E-state index in [1.54, 1.807) is 43.3 Å². The maximum Gasteiger partial charge on any atom is 0.347 e. The van der Waals surface area contributed by atoms with Gasteiger partial charge in [-0.2, -0.15) is 0 Å². The Morgan fingerprint density at radius 2 is 1.76 bits per heavy atom. The molecule has 2 aromatic carbocycles. The van der Waals surface area contributed by atoms with Crippen LogP contribution in [0.25, 0.3) is 0 Å². The zero-order chi connectivity index (χ0) is 18.1. The highest BCUT2D eigenvalue weighted by molar-refractivity contribution is 5.81. The first-order valence-electron chi connectivity index (χ1n) is 7.94. The number of nitrogens with one attached hydrogen (secondary N) is 1. The first-order chi connectivity index (χ1) is 12.0. The molecule has 25 heavy (non-hydrogen) atoms. The molecule has 0 saturated carbocycles. The number of para-hydroxylation sites is 1. The fraction of sp³-hybridized carbons (Fsp3) is 0.263. The number of amides is 1. The van der Waals surface area contributed by atoms with E-state index >= 15 is 0 Å². The van der Waals surface area contributed by atoms with Gasteiger partial charge >= 0.3 is 5.97 Å². The fourth-order valence-corrected chi connectivity index (χ4v) is 2.05. The first-order valence-corrected chi connectivity index (χ1v) is 7.94. The van der Waals surface area contributed by atoms with Gasteiger partial charge in [0.25, 0.3) is 5.91 Å². The van der Waals surface area contributed by atoms with Gasteiger partial charge in [-0.15, -0.1) is 0 Å². The number of carbonyl (C=O) groups is 2. The van der Waals surface area contributed by atoms with Crippen LogP contribution in [-0.4, -0.2) is 31.1 Å². The third-order valence-corrected chi connectivity index (χ3v) is 3.38. The van der Waals surface area contributed by atoms with Gasteiger partial charge in [0.2, 0.25) is 0 Å². The maximum absolute atomic E-state index is 12.8. The van der Waals surface area contributed by atoms with Crippen LogP contribution in [0.2, 0.25) is 0 Å². The molecule has 1 N–H and O–H groups in total. The largest absolute Gasteiger partial charge is 0.479 e. The number of esters is 1. The molecule has 6 heteroatoms. The molecule has 5 nitrogen and oxygen atoms in total. The van der Waals surface area contributed by atoms with Gasteiger partial charge in [0.05, 0.1) is 0 Å². The molecular formula is C19H20FNO4. The van der Waals surface area contributed by atoms with E-state index in [1.165, 1.54) is 12.1 Å². The van der Waals surface area contributed by atoms with Crippen LogP contribution < -0.4 is 10.1 Å². The van der Waals surface area contributed by atoms with Gasteiger partial charge in [0, 0.05) is 6.54 Å². The molecular weight excluding hydrogens is 325 g/mol. The molecule has 0 heterocycles. The summed E-state index contributed by atoms with van der Waals surface area (Å²) in [6, 6.07) is 14.9. The van der Waals surface area contributed by atoms with E-state index in [2.05, 4.69) is 5.32 Å². The average Bonchev–Trinajstić information content (AvgIpc) is 2.62. The summed E-state index contributed by atoms with van der Waals surface area (Å²) in [4.78, 5) is 23.5. The third kappa shape index (κ3) is 6.63. The fourth-order valence-electron chi connectivity index (χ4n) is 2.05. The van der Waals surface area contributed by atoms with Gasteiger partial charge in [-0.05, 0) is 43.2 Å². The molecule has 2 rings (SSSR count). The third-order valence-electron chi connectivity index (χ3n) is 3.38. The quantitative estimate of drug-likeness (QED) is 0.747. The summed E-state index contributed by atoms with van der Waals surface area (Å²) in [5.74, 6) is -0.762. The average molecular weight is 345 g/mol. The second-order valence-corrected chi connectivity index (χ2v) is 5.41.